The van der Waals surface area contributed by atoms with Crippen molar-refractivity contribution in [2.24, 2.45) is 0 Å². The zero-order chi connectivity index (χ0) is 11.8. The van der Waals surface area contributed by atoms with E-state index in [1.165, 1.54) is 38.5 Å². The van der Waals surface area contributed by atoms with Crippen molar-refractivity contribution in [3.8, 4) is 0 Å². The molecule has 1 heteroatoms. The summed E-state index contributed by atoms with van der Waals surface area (Å²) in [4.78, 5) is 0. The van der Waals surface area contributed by atoms with Gasteiger partial charge in [-0.25, -0.2) is 0 Å². The molecule has 0 spiro atoms. The molecule has 1 aliphatic rings. The summed E-state index contributed by atoms with van der Waals surface area (Å²) in [7, 11) is 2.02. The van der Waals surface area contributed by atoms with Gasteiger partial charge >= 0.3 is 0 Å². The van der Waals surface area contributed by atoms with E-state index in [0.29, 0.717) is 0 Å². The van der Waals surface area contributed by atoms with Crippen molar-refractivity contribution in [3.05, 3.63) is 22.8 Å². The van der Waals surface area contributed by atoms with Gasteiger partial charge in [-0.1, -0.05) is 25.0 Å². The van der Waals surface area contributed by atoms with Crippen LogP contribution in [0.5, 0.6) is 0 Å². The quantitative estimate of drug-likeness (QED) is 0.686. The average molecular weight is 221 g/mol. The van der Waals surface area contributed by atoms with Gasteiger partial charge in [0.2, 0.25) is 0 Å². The van der Waals surface area contributed by atoms with E-state index in [1.807, 2.05) is 7.05 Å². The summed E-state index contributed by atoms with van der Waals surface area (Å²) in [6, 6.07) is 0. The van der Waals surface area contributed by atoms with Crippen LogP contribution in [-0.4, -0.2) is 13.6 Å². The maximum atomic E-state index is 3.21. The van der Waals surface area contributed by atoms with Crippen molar-refractivity contribution >= 4 is 0 Å². The van der Waals surface area contributed by atoms with Crippen molar-refractivity contribution in [3.63, 3.8) is 0 Å². The van der Waals surface area contributed by atoms with Gasteiger partial charge in [0.05, 0.1) is 0 Å². The van der Waals surface area contributed by atoms with Gasteiger partial charge in [-0.2, -0.15) is 0 Å². The number of nitrogens with one attached hydrogen (secondary N) is 1. The highest BCUT2D eigenvalue weighted by Crippen LogP contribution is 2.30. The number of hydrogen-bond acceptors (Lipinski definition) is 1. The third kappa shape index (κ3) is 4.13. The molecular formula is C15H27N. The lowest BCUT2D eigenvalue weighted by molar-refractivity contribution is 0.706. The lowest BCUT2D eigenvalue weighted by atomic mass is 9.94. The molecule has 0 fully saturated rings. The minimum absolute atomic E-state index is 1.09. The maximum Gasteiger partial charge on any atom is -0.00171 e. The highest BCUT2D eigenvalue weighted by atomic mass is 14.8. The Morgan fingerprint density at radius 1 is 1.25 bits per heavy atom. The molecule has 0 aromatic heterocycles. The fourth-order valence-electron chi connectivity index (χ4n) is 2.54. The Hall–Kier alpha value is -0.560. The molecule has 0 aromatic rings. The van der Waals surface area contributed by atoms with Crippen LogP contribution < -0.4 is 5.32 Å². The Balaban J connectivity index is 2.72. The largest absolute Gasteiger partial charge is 0.319 e. The van der Waals surface area contributed by atoms with Crippen LogP contribution in [0.1, 0.15) is 58.8 Å². The number of rotatable bonds is 5. The SMILES string of the molecule is CC/C(=C/CCNC)C1=C(C)CCCCC1. The molecule has 0 saturated heterocycles. The average Bonchev–Trinajstić information content (AvgIpc) is 2.50. The normalized spacial score (nSPS) is 18.8. The molecule has 0 atom stereocenters. The summed E-state index contributed by atoms with van der Waals surface area (Å²) in [6.45, 7) is 5.72. The van der Waals surface area contributed by atoms with Gasteiger partial charge in [-0.05, 0) is 70.2 Å². The van der Waals surface area contributed by atoms with Gasteiger partial charge in [0.15, 0.2) is 0 Å². The zero-order valence-electron chi connectivity index (χ0n) is 11.2. The Morgan fingerprint density at radius 3 is 2.69 bits per heavy atom. The van der Waals surface area contributed by atoms with Crippen LogP contribution in [-0.2, 0) is 0 Å². The van der Waals surface area contributed by atoms with Crippen molar-refractivity contribution in [1.82, 2.24) is 5.32 Å². The van der Waals surface area contributed by atoms with Crippen molar-refractivity contribution in [1.29, 1.82) is 0 Å². The molecule has 16 heavy (non-hydrogen) atoms. The van der Waals surface area contributed by atoms with E-state index in [4.69, 9.17) is 0 Å². The highest BCUT2D eigenvalue weighted by molar-refractivity contribution is 5.35. The van der Waals surface area contributed by atoms with E-state index in [0.717, 1.165) is 13.0 Å². The summed E-state index contributed by atoms with van der Waals surface area (Å²) in [5.74, 6) is 0. The first kappa shape index (κ1) is 13.5. The molecule has 0 aliphatic heterocycles. The Labute approximate surface area is 101 Å². The smallest absolute Gasteiger partial charge is 0.00171 e. The molecule has 0 bridgehead atoms. The summed E-state index contributed by atoms with van der Waals surface area (Å²) in [5, 5.41) is 3.21. The van der Waals surface area contributed by atoms with Crippen LogP contribution in [0, 0.1) is 0 Å². The molecule has 0 radical (unpaired) electrons. The molecule has 1 rings (SSSR count). The molecule has 1 N–H and O–H groups in total. The molecule has 0 saturated carbocycles. The fourth-order valence-corrected chi connectivity index (χ4v) is 2.54. The maximum absolute atomic E-state index is 3.21. The first-order valence-corrected chi connectivity index (χ1v) is 6.82. The summed E-state index contributed by atoms with van der Waals surface area (Å²) in [5.41, 5.74) is 4.93. The summed E-state index contributed by atoms with van der Waals surface area (Å²) >= 11 is 0. The van der Waals surface area contributed by atoms with Gasteiger partial charge < -0.3 is 5.32 Å². The Kier molecular flexibility index (Phi) is 6.47. The monoisotopic (exact) mass is 221 g/mol. The van der Waals surface area contributed by atoms with Crippen LogP contribution in [0.25, 0.3) is 0 Å². The van der Waals surface area contributed by atoms with E-state index in [9.17, 15) is 0 Å². The lowest BCUT2D eigenvalue weighted by Crippen LogP contribution is -2.06. The minimum atomic E-state index is 1.09. The molecule has 1 nitrogen and oxygen atoms in total. The van der Waals surface area contributed by atoms with E-state index < -0.39 is 0 Å². The molecule has 92 valence electrons. The van der Waals surface area contributed by atoms with Crippen LogP contribution >= 0.6 is 0 Å². The predicted molar refractivity (Wildman–Crippen MR) is 72.7 cm³/mol. The molecule has 0 unspecified atom stereocenters. The summed E-state index contributed by atoms with van der Waals surface area (Å²) < 4.78 is 0. The third-order valence-electron chi connectivity index (χ3n) is 3.55. The van der Waals surface area contributed by atoms with Crippen molar-refractivity contribution in [2.45, 2.75) is 58.8 Å². The number of allylic oxidation sites excluding steroid dienone is 3. The molecule has 1 aliphatic carbocycles. The standard InChI is InChI=1S/C15H27N/c1-4-14(10-8-12-16-3)15-11-7-5-6-9-13(15)2/h10,16H,4-9,11-12H2,1-3H3/b14-10-. The fraction of sp³-hybridized carbons (Fsp3) is 0.733. The highest BCUT2D eigenvalue weighted by Gasteiger charge is 2.10. The second-order valence-electron chi connectivity index (χ2n) is 4.79. The Morgan fingerprint density at radius 2 is 2.00 bits per heavy atom. The first-order chi connectivity index (χ1) is 7.79. The third-order valence-corrected chi connectivity index (χ3v) is 3.55. The second-order valence-corrected chi connectivity index (χ2v) is 4.79. The predicted octanol–water partition coefficient (Wildman–Crippen LogP) is 4.21. The van der Waals surface area contributed by atoms with Gasteiger partial charge in [0.1, 0.15) is 0 Å². The van der Waals surface area contributed by atoms with Crippen molar-refractivity contribution < 1.29 is 0 Å². The van der Waals surface area contributed by atoms with Crippen LogP contribution in [0.4, 0.5) is 0 Å². The number of hydrogen-bond donors (Lipinski definition) is 1. The van der Waals surface area contributed by atoms with Crippen LogP contribution in [0.15, 0.2) is 22.8 Å². The van der Waals surface area contributed by atoms with E-state index in [-0.39, 0.29) is 0 Å². The summed E-state index contributed by atoms with van der Waals surface area (Å²) in [6.07, 6.45) is 11.6. The van der Waals surface area contributed by atoms with Gasteiger partial charge in [-0.3, -0.25) is 0 Å². The van der Waals surface area contributed by atoms with E-state index in [2.05, 4.69) is 25.2 Å². The van der Waals surface area contributed by atoms with Gasteiger partial charge in [-0.15, -0.1) is 0 Å². The molecule has 0 amide bonds. The molecular weight excluding hydrogens is 194 g/mol. The first-order valence-electron chi connectivity index (χ1n) is 6.82. The minimum Gasteiger partial charge on any atom is -0.319 e. The van der Waals surface area contributed by atoms with E-state index >= 15 is 0 Å². The lowest BCUT2D eigenvalue weighted by Gasteiger charge is -2.12. The second kappa shape index (κ2) is 7.67. The Bertz CT molecular complexity index is 261. The molecule has 0 aromatic carbocycles. The topological polar surface area (TPSA) is 12.0 Å². The van der Waals surface area contributed by atoms with E-state index in [1.54, 1.807) is 16.7 Å². The molecule has 0 heterocycles. The van der Waals surface area contributed by atoms with Crippen molar-refractivity contribution in [2.75, 3.05) is 13.6 Å². The van der Waals surface area contributed by atoms with Crippen LogP contribution in [0.2, 0.25) is 0 Å². The zero-order valence-corrected chi connectivity index (χ0v) is 11.2. The van der Waals surface area contributed by atoms with Crippen LogP contribution in [0.3, 0.4) is 0 Å². The van der Waals surface area contributed by atoms with Gasteiger partial charge in [0.25, 0.3) is 0 Å². The van der Waals surface area contributed by atoms with Gasteiger partial charge in [0, 0.05) is 0 Å².